The number of benzene rings is 2. The molecule has 2 aliphatic rings. The zero-order valence-electron chi connectivity index (χ0n) is 23.6. The number of carboxylic acids is 1. The van der Waals surface area contributed by atoms with Crippen molar-refractivity contribution in [2.45, 2.75) is 57.3 Å². The first kappa shape index (κ1) is 28.9. The lowest BCUT2D eigenvalue weighted by Crippen LogP contribution is -2.38. The smallest absolute Gasteiger partial charge is 0.303 e. The Morgan fingerprint density at radius 2 is 1.90 bits per heavy atom. The summed E-state index contributed by atoms with van der Waals surface area (Å²) in [6, 6.07) is 17.7. The summed E-state index contributed by atoms with van der Waals surface area (Å²) >= 11 is 1.87. The van der Waals surface area contributed by atoms with Gasteiger partial charge in [-0.25, -0.2) is 9.37 Å². The summed E-state index contributed by atoms with van der Waals surface area (Å²) < 4.78 is 14.2. The lowest BCUT2D eigenvalue weighted by atomic mass is 9.87. The van der Waals surface area contributed by atoms with Crippen LogP contribution >= 0.6 is 11.3 Å². The van der Waals surface area contributed by atoms with E-state index in [1.807, 2.05) is 17.4 Å². The Hall–Kier alpha value is -2.61. The van der Waals surface area contributed by atoms with Crippen molar-refractivity contribution >= 4 is 17.3 Å². The number of carbonyl (C=O) groups is 1. The van der Waals surface area contributed by atoms with E-state index in [4.69, 9.17) is 4.98 Å². The van der Waals surface area contributed by atoms with Crippen LogP contribution in [0.5, 0.6) is 0 Å². The molecule has 0 amide bonds. The van der Waals surface area contributed by atoms with Crippen LogP contribution in [0.4, 0.5) is 4.39 Å². The lowest BCUT2D eigenvalue weighted by molar-refractivity contribution is -0.138. The zero-order valence-corrected chi connectivity index (χ0v) is 24.4. The summed E-state index contributed by atoms with van der Waals surface area (Å²) in [6.07, 6.45) is 7.34. The van der Waals surface area contributed by atoms with E-state index < -0.39 is 5.97 Å². The fourth-order valence-corrected chi connectivity index (χ4v) is 7.73. The number of hydrogen-bond acceptors (Lipinski definition) is 5. The van der Waals surface area contributed by atoms with E-state index in [2.05, 4.69) is 59.3 Å². The van der Waals surface area contributed by atoms with E-state index >= 15 is 0 Å². The van der Waals surface area contributed by atoms with E-state index in [0.717, 1.165) is 76.9 Å². The molecule has 5 nitrogen and oxygen atoms in total. The van der Waals surface area contributed by atoms with Gasteiger partial charge in [-0.1, -0.05) is 55.8 Å². The maximum absolute atomic E-state index is 14.2. The van der Waals surface area contributed by atoms with Crippen molar-refractivity contribution in [2.24, 2.45) is 11.8 Å². The molecule has 0 bridgehead atoms. The minimum absolute atomic E-state index is 0.167. The summed E-state index contributed by atoms with van der Waals surface area (Å²) in [4.78, 5) is 22.5. The SMILES string of the molecule is CCC(CCN1CC(CN2CCC(c3cnc(Cc4ccccc4)s3)CC2)C(c2cccc(F)c2)C1)CC(=O)O. The molecule has 3 atom stereocenters. The second-order valence-corrected chi connectivity index (χ2v) is 12.9. The van der Waals surface area contributed by atoms with E-state index in [1.165, 1.54) is 21.5 Å². The molecule has 3 heterocycles. The van der Waals surface area contributed by atoms with Gasteiger partial charge in [-0.05, 0) is 79.9 Å². The lowest BCUT2D eigenvalue weighted by Gasteiger charge is -2.34. The fraction of sp³-hybridized carbons (Fsp3) is 0.515. The molecule has 2 fully saturated rings. The standard InChI is InChI=1S/C33H42FN3O2S/c1-2-24(18-33(38)39)11-14-37-22-28(30(23-37)27-9-6-10-29(34)19-27)21-36-15-12-26(13-16-36)31-20-35-32(40-31)17-25-7-4-3-5-8-25/h3-10,19-20,24,26,28,30H,2,11-18,21-23H2,1H3,(H,38,39). The first-order chi connectivity index (χ1) is 19.5. The molecule has 40 heavy (non-hydrogen) atoms. The predicted molar refractivity (Wildman–Crippen MR) is 159 cm³/mol. The van der Waals surface area contributed by atoms with E-state index in [0.29, 0.717) is 17.8 Å². The van der Waals surface area contributed by atoms with E-state index in [9.17, 15) is 14.3 Å². The maximum atomic E-state index is 14.2. The highest BCUT2D eigenvalue weighted by atomic mass is 32.1. The largest absolute Gasteiger partial charge is 0.481 e. The van der Waals surface area contributed by atoms with Gasteiger partial charge in [-0.15, -0.1) is 11.3 Å². The Bertz CT molecular complexity index is 1230. The molecule has 7 heteroatoms. The number of hydrogen-bond donors (Lipinski definition) is 1. The maximum Gasteiger partial charge on any atom is 0.303 e. The Morgan fingerprint density at radius 3 is 2.62 bits per heavy atom. The van der Waals surface area contributed by atoms with Gasteiger partial charge in [0.1, 0.15) is 5.82 Å². The van der Waals surface area contributed by atoms with Gasteiger partial charge in [0, 0.05) is 49.5 Å². The molecule has 2 aliphatic heterocycles. The second-order valence-electron chi connectivity index (χ2n) is 11.7. The molecule has 0 aliphatic carbocycles. The van der Waals surface area contributed by atoms with Crippen LogP contribution in [0, 0.1) is 17.7 Å². The molecular formula is C33H42FN3O2S. The highest BCUT2D eigenvalue weighted by Crippen LogP contribution is 2.37. The van der Waals surface area contributed by atoms with Crippen LogP contribution in [0.3, 0.4) is 0 Å². The highest BCUT2D eigenvalue weighted by molar-refractivity contribution is 7.11. The van der Waals surface area contributed by atoms with E-state index in [1.54, 1.807) is 6.07 Å². The molecule has 0 saturated carbocycles. The van der Waals surface area contributed by atoms with Gasteiger partial charge in [0.15, 0.2) is 0 Å². The monoisotopic (exact) mass is 563 g/mol. The van der Waals surface area contributed by atoms with Crippen molar-refractivity contribution in [3.8, 4) is 0 Å². The van der Waals surface area contributed by atoms with Crippen LogP contribution in [0.1, 0.15) is 71.9 Å². The van der Waals surface area contributed by atoms with Crippen molar-refractivity contribution in [3.63, 3.8) is 0 Å². The van der Waals surface area contributed by atoms with Crippen LogP contribution in [-0.4, -0.2) is 65.1 Å². The van der Waals surface area contributed by atoms with Crippen molar-refractivity contribution in [1.29, 1.82) is 0 Å². The third kappa shape index (κ3) is 7.77. The Balaban J connectivity index is 1.17. The Labute approximate surface area is 242 Å². The number of piperidine rings is 1. The van der Waals surface area contributed by atoms with Gasteiger partial charge in [-0.2, -0.15) is 0 Å². The molecule has 1 N–H and O–H groups in total. The van der Waals surface area contributed by atoms with Crippen molar-refractivity contribution in [2.75, 3.05) is 39.3 Å². The van der Waals surface area contributed by atoms with Gasteiger partial charge in [-0.3, -0.25) is 4.79 Å². The van der Waals surface area contributed by atoms with Crippen LogP contribution in [0.2, 0.25) is 0 Å². The molecule has 3 unspecified atom stereocenters. The first-order valence-corrected chi connectivity index (χ1v) is 15.7. The quantitative estimate of drug-likeness (QED) is 0.267. The minimum atomic E-state index is -0.710. The van der Waals surface area contributed by atoms with Crippen LogP contribution in [0.25, 0.3) is 0 Å². The fourth-order valence-electron chi connectivity index (χ4n) is 6.60. The van der Waals surface area contributed by atoms with Crippen LogP contribution in [-0.2, 0) is 11.2 Å². The Morgan fingerprint density at radius 1 is 1.10 bits per heavy atom. The van der Waals surface area contributed by atoms with Crippen LogP contribution in [0.15, 0.2) is 60.8 Å². The molecule has 2 saturated heterocycles. The molecule has 214 valence electrons. The molecule has 0 spiro atoms. The van der Waals surface area contributed by atoms with Gasteiger partial charge in [0.25, 0.3) is 0 Å². The topological polar surface area (TPSA) is 56.7 Å². The second kappa shape index (κ2) is 13.8. The number of rotatable bonds is 12. The summed E-state index contributed by atoms with van der Waals surface area (Å²) in [6.45, 7) is 8.09. The highest BCUT2D eigenvalue weighted by Gasteiger charge is 2.36. The van der Waals surface area contributed by atoms with Crippen molar-refractivity contribution < 1.29 is 14.3 Å². The third-order valence-corrected chi connectivity index (χ3v) is 10.1. The van der Waals surface area contributed by atoms with Crippen molar-refractivity contribution in [3.05, 3.63) is 87.6 Å². The number of likely N-dealkylation sites (tertiary alicyclic amines) is 2. The molecule has 5 rings (SSSR count). The first-order valence-electron chi connectivity index (χ1n) is 14.9. The minimum Gasteiger partial charge on any atom is -0.481 e. The summed E-state index contributed by atoms with van der Waals surface area (Å²) in [5.74, 6) is 0.659. The number of carboxylic acid groups (broad SMARTS) is 1. The number of aromatic nitrogens is 1. The molecule has 3 aromatic rings. The van der Waals surface area contributed by atoms with Gasteiger partial charge in [0.05, 0.1) is 5.01 Å². The van der Waals surface area contributed by atoms with E-state index in [-0.39, 0.29) is 18.2 Å². The average Bonchev–Trinajstić information content (AvgIpc) is 3.59. The average molecular weight is 564 g/mol. The van der Waals surface area contributed by atoms with Gasteiger partial charge >= 0.3 is 5.97 Å². The molecule has 1 aromatic heterocycles. The third-order valence-electron chi connectivity index (χ3n) is 8.94. The number of nitrogens with zero attached hydrogens (tertiary/aromatic N) is 3. The molecule has 0 radical (unpaired) electrons. The summed E-state index contributed by atoms with van der Waals surface area (Å²) in [7, 11) is 0. The number of halogens is 1. The number of aliphatic carboxylic acids is 1. The van der Waals surface area contributed by atoms with Crippen molar-refractivity contribution in [1.82, 2.24) is 14.8 Å². The predicted octanol–water partition coefficient (Wildman–Crippen LogP) is 6.66. The summed E-state index contributed by atoms with van der Waals surface area (Å²) in [5, 5.41) is 10.4. The Kier molecular flexibility index (Phi) is 10.00. The molecule has 2 aromatic carbocycles. The summed E-state index contributed by atoms with van der Waals surface area (Å²) in [5.41, 5.74) is 2.40. The normalized spacial score (nSPS) is 21.6. The van der Waals surface area contributed by atoms with Crippen LogP contribution < -0.4 is 0 Å². The zero-order chi connectivity index (χ0) is 27.9. The molecular weight excluding hydrogens is 521 g/mol. The van der Waals surface area contributed by atoms with Gasteiger partial charge < -0.3 is 14.9 Å². The number of thiazole rings is 1. The van der Waals surface area contributed by atoms with Gasteiger partial charge in [0.2, 0.25) is 0 Å².